The van der Waals surface area contributed by atoms with Gasteiger partial charge in [-0.2, -0.15) is 0 Å². The molecule has 6 heteroatoms. The summed E-state index contributed by atoms with van der Waals surface area (Å²) in [4.78, 5) is 0.266. The number of hydrogen-bond donors (Lipinski definition) is 1. The molecule has 1 aromatic heterocycles. The molecular weight excluding hydrogens is 318 g/mol. The number of sulfone groups is 1. The zero-order valence-corrected chi connectivity index (χ0v) is 11.9. The molecule has 2 rings (SSSR count). The Labute approximate surface area is 114 Å². The van der Waals surface area contributed by atoms with E-state index < -0.39 is 9.84 Å². The summed E-state index contributed by atoms with van der Waals surface area (Å²) < 4.78 is 30.3. The monoisotopic (exact) mass is 329 g/mol. The lowest BCUT2D eigenvalue weighted by atomic mass is 10.4. The predicted molar refractivity (Wildman–Crippen MR) is 71.6 cm³/mol. The van der Waals surface area contributed by atoms with Gasteiger partial charge in [0.15, 0.2) is 9.84 Å². The van der Waals surface area contributed by atoms with Gasteiger partial charge in [-0.05, 0) is 30.3 Å². The van der Waals surface area contributed by atoms with Crippen LogP contribution in [0.15, 0.2) is 50.2 Å². The van der Waals surface area contributed by atoms with E-state index in [0.29, 0.717) is 11.5 Å². The third-order valence-corrected chi connectivity index (χ3v) is 4.54. The fourth-order valence-corrected chi connectivity index (χ4v) is 3.38. The number of hydrogen-bond acceptors (Lipinski definition) is 4. The molecule has 0 aliphatic heterocycles. The zero-order chi connectivity index (χ0) is 13.2. The maximum atomic E-state index is 12.1. The lowest BCUT2D eigenvalue weighted by molar-refractivity contribution is 0.477. The molecule has 2 aromatic rings. The molecule has 0 spiro atoms. The molecule has 96 valence electrons. The lowest BCUT2D eigenvalue weighted by Crippen LogP contribution is -2.04. The molecule has 0 saturated carbocycles. The average molecular weight is 330 g/mol. The van der Waals surface area contributed by atoms with Gasteiger partial charge in [-0.3, -0.25) is 0 Å². The first-order valence-corrected chi connectivity index (χ1v) is 7.72. The van der Waals surface area contributed by atoms with Crippen molar-refractivity contribution in [1.29, 1.82) is 0 Å². The van der Waals surface area contributed by atoms with Gasteiger partial charge in [-0.15, -0.1) is 0 Å². The van der Waals surface area contributed by atoms with E-state index in [-0.39, 0.29) is 17.2 Å². The van der Waals surface area contributed by atoms with Crippen LogP contribution in [0.2, 0.25) is 0 Å². The second-order valence-electron chi connectivity index (χ2n) is 3.79. The Morgan fingerprint density at radius 1 is 1.17 bits per heavy atom. The van der Waals surface area contributed by atoms with E-state index >= 15 is 0 Å². The molecule has 1 aromatic carbocycles. The summed E-state index contributed by atoms with van der Waals surface area (Å²) in [7, 11) is -3.40. The molecule has 0 aliphatic carbocycles. The summed E-state index contributed by atoms with van der Waals surface area (Å²) in [5.41, 5.74) is 5.41. The highest BCUT2D eigenvalue weighted by Crippen LogP contribution is 2.21. The van der Waals surface area contributed by atoms with E-state index in [1.54, 1.807) is 36.4 Å². The van der Waals surface area contributed by atoms with Crippen molar-refractivity contribution >= 4 is 25.8 Å². The summed E-state index contributed by atoms with van der Waals surface area (Å²) in [5, 5.41) is 0. The molecule has 0 radical (unpaired) electrons. The topological polar surface area (TPSA) is 73.3 Å². The van der Waals surface area contributed by atoms with Crippen LogP contribution in [0.3, 0.4) is 0 Å². The second-order valence-corrected chi connectivity index (χ2v) is 6.69. The Morgan fingerprint density at radius 3 is 2.50 bits per heavy atom. The third kappa shape index (κ3) is 3.01. The molecule has 0 atom stereocenters. The first-order valence-electron chi connectivity index (χ1n) is 5.27. The van der Waals surface area contributed by atoms with Crippen LogP contribution in [0, 0.1) is 0 Å². The molecule has 4 nitrogen and oxygen atoms in total. The van der Waals surface area contributed by atoms with Crippen molar-refractivity contribution in [2.45, 2.75) is 17.2 Å². The Bertz CT molecular complexity index is 649. The van der Waals surface area contributed by atoms with Crippen LogP contribution in [0.4, 0.5) is 0 Å². The van der Waals surface area contributed by atoms with Gasteiger partial charge < -0.3 is 10.2 Å². The second kappa shape index (κ2) is 5.26. The van der Waals surface area contributed by atoms with Gasteiger partial charge in [-0.1, -0.05) is 22.0 Å². The molecule has 0 amide bonds. The Hall–Kier alpha value is -1.11. The summed E-state index contributed by atoms with van der Waals surface area (Å²) in [6.07, 6.45) is 0. The van der Waals surface area contributed by atoms with Gasteiger partial charge in [0.25, 0.3) is 0 Å². The molecule has 0 unspecified atom stereocenters. The van der Waals surface area contributed by atoms with Crippen LogP contribution >= 0.6 is 15.9 Å². The van der Waals surface area contributed by atoms with Crippen molar-refractivity contribution in [2.75, 3.05) is 0 Å². The Balaban J connectivity index is 2.27. The van der Waals surface area contributed by atoms with Gasteiger partial charge in [0.2, 0.25) is 0 Å². The quantitative estimate of drug-likeness (QED) is 0.935. The number of halogens is 1. The largest absolute Gasteiger partial charge is 0.464 e. The standard InChI is InChI=1S/C12H12BrNO3S/c13-9-2-1-3-12(6-9)18(15,16)8-11-5-4-10(7-14)17-11/h1-6H,7-8,14H2. The fourth-order valence-electron chi connectivity index (χ4n) is 1.54. The molecule has 18 heavy (non-hydrogen) atoms. The van der Waals surface area contributed by atoms with Crippen LogP contribution in [-0.2, 0) is 22.1 Å². The van der Waals surface area contributed by atoms with E-state index in [1.165, 1.54) is 0 Å². The Morgan fingerprint density at radius 2 is 1.89 bits per heavy atom. The van der Waals surface area contributed by atoms with Crippen molar-refractivity contribution < 1.29 is 12.8 Å². The van der Waals surface area contributed by atoms with Crippen LogP contribution in [0.1, 0.15) is 11.5 Å². The minimum atomic E-state index is -3.40. The molecule has 0 bridgehead atoms. The predicted octanol–water partition coefficient (Wildman–Crippen LogP) is 2.47. The highest BCUT2D eigenvalue weighted by atomic mass is 79.9. The van der Waals surface area contributed by atoms with Gasteiger partial charge in [-0.25, -0.2) is 8.42 Å². The van der Waals surface area contributed by atoms with E-state index in [4.69, 9.17) is 10.2 Å². The molecule has 0 saturated heterocycles. The van der Waals surface area contributed by atoms with E-state index in [0.717, 1.165) is 4.47 Å². The first-order chi connectivity index (χ1) is 8.51. The minimum absolute atomic E-state index is 0.163. The van der Waals surface area contributed by atoms with Crippen LogP contribution in [-0.4, -0.2) is 8.42 Å². The summed E-state index contributed by atoms with van der Waals surface area (Å²) in [5.74, 6) is 0.813. The normalized spacial score (nSPS) is 11.7. The summed E-state index contributed by atoms with van der Waals surface area (Å²) in [6.45, 7) is 0.261. The van der Waals surface area contributed by atoms with Crippen molar-refractivity contribution in [1.82, 2.24) is 0 Å². The smallest absolute Gasteiger partial charge is 0.185 e. The highest BCUT2D eigenvalue weighted by Gasteiger charge is 2.17. The SMILES string of the molecule is NCc1ccc(CS(=O)(=O)c2cccc(Br)c2)o1. The number of nitrogens with two attached hydrogens (primary N) is 1. The van der Waals surface area contributed by atoms with Crippen LogP contribution in [0.5, 0.6) is 0 Å². The number of rotatable bonds is 4. The van der Waals surface area contributed by atoms with Crippen molar-refractivity contribution in [3.05, 3.63) is 52.4 Å². The maximum absolute atomic E-state index is 12.1. The molecular formula is C12H12BrNO3S. The van der Waals surface area contributed by atoms with Gasteiger partial charge >= 0.3 is 0 Å². The highest BCUT2D eigenvalue weighted by molar-refractivity contribution is 9.10. The van der Waals surface area contributed by atoms with Gasteiger partial charge in [0, 0.05) is 4.47 Å². The maximum Gasteiger partial charge on any atom is 0.185 e. The fraction of sp³-hybridized carbons (Fsp3) is 0.167. The van der Waals surface area contributed by atoms with Crippen LogP contribution < -0.4 is 5.73 Å². The van der Waals surface area contributed by atoms with E-state index in [2.05, 4.69) is 15.9 Å². The first kappa shape index (κ1) is 13.3. The third-order valence-electron chi connectivity index (χ3n) is 2.41. The van der Waals surface area contributed by atoms with E-state index in [1.807, 2.05) is 0 Å². The van der Waals surface area contributed by atoms with Gasteiger partial charge in [0.05, 0.1) is 11.4 Å². The van der Waals surface area contributed by atoms with Gasteiger partial charge in [0.1, 0.15) is 17.3 Å². The van der Waals surface area contributed by atoms with Crippen molar-refractivity contribution in [3.63, 3.8) is 0 Å². The molecule has 0 aliphatic rings. The number of furan rings is 1. The minimum Gasteiger partial charge on any atom is -0.464 e. The summed E-state index contributed by atoms with van der Waals surface area (Å²) in [6, 6.07) is 9.92. The molecule has 2 N–H and O–H groups in total. The Kier molecular flexibility index (Phi) is 3.89. The van der Waals surface area contributed by atoms with Crippen molar-refractivity contribution in [3.8, 4) is 0 Å². The van der Waals surface area contributed by atoms with Crippen LogP contribution in [0.25, 0.3) is 0 Å². The molecule has 1 heterocycles. The van der Waals surface area contributed by atoms with E-state index in [9.17, 15) is 8.42 Å². The summed E-state index contributed by atoms with van der Waals surface area (Å²) >= 11 is 3.25. The average Bonchev–Trinajstić information content (AvgIpc) is 2.76. The zero-order valence-electron chi connectivity index (χ0n) is 9.47. The van der Waals surface area contributed by atoms with Crippen molar-refractivity contribution in [2.24, 2.45) is 5.73 Å². The lowest BCUT2D eigenvalue weighted by Gasteiger charge is -2.03. The molecule has 0 fully saturated rings. The number of benzene rings is 1.